The van der Waals surface area contributed by atoms with Gasteiger partial charge < -0.3 is 13.8 Å². The second-order valence-corrected chi connectivity index (χ2v) is 2.55. The Morgan fingerprint density at radius 3 is 3.23 bits per heavy atom. The fourth-order valence-corrected chi connectivity index (χ4v) is 1.17. The number of furan rings is 1. The topological polar surface area (TPSA) is 48.0 Å². The number of nitrogens with zero attached hydrogens (tertiary/aromatic N) is 2. The average molecular weight is 176 g/mol. The molecule has 0 atom stereocenters. The van der Waals surface area contributed by atoms with Gasteiger partial charge in [-0.2, -0.15) is 0 Å². The zero-order valence-corrected chi connectivity index (χ0v) is 6.88. The molecule has 0 N–H and O–H groups in total. The predicted molar refractivity (Wildman–Crippen MR) is 46.0 cm³/mol. The molecule has 13 heavy (non-hydrogen) atoms. The van der Waals surface area contributed by atoms with Gasteiger partial charge in [-0.1, -0.05) is 0 Å². The Morgan fingerprint density at radius 1 is 1.62 bits per heavy atom. The second kappa shape index (κ2) is 3.26. The summed E-state index contributed by atoms with van der Waals surface area (Å²) in [6.07, 6.45) is 5.79. The number of imidazole rings is 1. The first-order valence-corrected chi connectivity index (χ1v) is 3.90. The van der Waals surface area contributed by atoms with E-state index in [1.54, 1.807) is 29.3 Å². The number of aromatic nitrogens is 2. The SMILES string of the molecule is O=CCn1ccnc1-c1ccco1. The molecule has 0 unspecified atom stereocenters. The maximum Gasteiger partial charge on any atom is 0.176 e. The molecule has 0 aromatic carbocycles. The van der Waals surface area contributed by atoms with Crippen molar-refractivity contribution < 1.29 is 9.21 Å². The Balaban J connectivity index is 2.40. The molecule has 66 valence electrons. The van der Waals surface area contributed by atoms with Crippen LogP contribution in [0, 0.1) is 0 Å². The standard InChI is InChI=1S/C9H8N2O2/c12-6-5-11-4-3-10-9(11)8-2-1-7-13-8/h1-4,6-7H,5H2. The van der Waals surface area contributed by atoms with E-state index in [0.29, 0.717) is 18.1 Å². The summed E-state index contributed by atoms with van der Waals surface area (Å²) in [6, 6.07) is 3.60. The number of rotatable bonds is 3. The number of hydrogen-bond donors (Lipinski definition) is 0. The molecule has 2 aromatic heterocycles. The summed E-state index contributed by atoms with van der Waals surface area (Å²) in [5.74, 6) is 1.35. The molecule has 2 rings (SSSR count). The van der Waals surface area contributed by atoms with Crippen molar-refractivity contribution in [2.24, 2.45) is 0 Å². The van der Waals surface area contributed by atoms with Gasteiger partial charge in [-0.05, 0) is 12.1 Å². The summed E-state index contributed by atoms with van der Waals surface area (Å²) in [6.45, 7) is 0.302. The van der Waals surface area contributed by atoms with Gasteiger partial charge in [-0.15, -0.1) is 0 Å². The molecule has 0 aliphatic heterocycles. The molecule has 2 aromatic rings. The Morgan fingerprint density at radius 2 is 2.54 bits per heavy atom. The first-order valence-electron chi connectivity index (χ1n) is 3.90. The lowest BCUT2D eigenvalue weighted by molar-refractivity contribution is -0.108. The lowest BCUT2D eigenvalue weighted by Crippen LogP contribution is -1.99. The van der Waals surface area contributed by atoms with Crippen molar-refractivity contribution in [3.63, 3.8) is 0 Å². The minimum atomic E-state index is 0.302. The van der Waals surface area contributed by atoms with Gasteiger partial charge in [0.25, 0.3) is 0 Å². The summed E-state index contributed by atoms with van der Waals surface area (Å²) in [5, 5.41) is 0. The fourth-order valence-electron chi connectivity index (χ4n) is 1.17. The zero-order chi connectivity index (χ0) is 9.10. The van der Waals surface area contributed by atoms with Gasteiger partial charge in [0.05, 0.1) is 12.8 Å². The van der Waals surface area contributed by atoms with Gasteiger partial charge in [0.2, 0.25) is 0 Å². The monoisotopic (exact) mass is 176 g/mol. The highest BCUT2D eigenvalue weighted by molar-refractivity contribution is 5.53. The van der Waals surface area contributed by atoms with Crippen molar-refractivity contribution in [2.75, 3.05) is 0 Å². The van der Waals surface area contributed by atoms with E-state index in [0.717, 1.165) is 6.29 Å². The van der Waals surface area contributed by atoms with Crippen molar-refractivity contribution in [1.82, 2.24) is 9.55 Å². The maximum absolute atomic E-state index is 10.3. The van der Waals surface area contributed by atoms with E-state index in [-0.39, 0.29) is 0 Å². The van der Waals surface area contributed by atoms with E-state index in [9.17, 15) is 4.79 Å². The number of carbonyl (C=O) groups excluding carboxylic acids is 1. The smallest absolute Gasteiger partial charge is 0.176 e. The fraction of sp³-hybridized carbons (Fsp3) is 0.111. The normalized spacial score (nSPS) is 10.2. The minimum absolute atomic E-state index is 0.302. The lowest BCUT2D eigenvalue weighted by atomic mass is 10.4. The van der Waals surface area contributed by atoms with E-state index in [1.165, 1.54) is 0 Å². The van der Waals surface area contributed by atoms with Crippen molar-refractivity contribution in [2.45, 2.75) is 6.54 Å². The minimum Gasteiger partial charge on any atom is -0.461 e. The highest BCUT2D eigenvalue weighted by Gasteiger charge is 2.06. The van der Waals surface area contributed by atoms with E-state index in [1.807, 2.05) is 6.07 Å². The van der Waals surface area contributed by atoms with Gasteiger partial charge >= 0.3 is 0 Å². The van der Waals surface area contributed by atoms with E-state index < -0.39 is 0 Å². The number of carbonyl (C=O) groups is 1. The summed E-state index contributed by atoms with van der Waals surface area (Å²) < 4.78 is 6.89. The van der Waals surface area contributed by atoms with Crippen LogP contribution in [0.4, 0.5) is 0 Å². The van der Waals surface area contributed by atoms with Crippen LogP contribution in [-0.2, 0) is 11.3 Å². The van der Waals surface area contributed by atoms with Gasteiger partial charge in [-0.3, -0.25) is 0 Å². The first kappa shape index (κ1) is 7.79. The van der Waals surface area contributed by atoms with Crippen LogP contribution < -0.4 is 0 Å². The third kappa shape index (κ3) is 1.38. The maximum atomic E-state index is 10.3. The van der Waals surface area contributed by atoms with Crippen molar-refractivity contribution >= 4 is 6.29 Å². The first-order chi connectivity index (χ1) is 6.42. The van der Waals surface area contributed by atoms with Crippen molar-refractivity contribution in [3.05, 3.63) is 30.8 Å². The van der Waals surface area contributed by atoms with Gasteiger partial charge in [0.15, 0.2) is 11.6 Å². The van der Waals surface area contributed by atoms with Crippen molar-refractivity contribution in [3.8, 4) is 11.6 Å². The van der Waals surface area contributed by atoms with Crippen LogP contribution in [-0.4, -0.2) is 15.8 Å². The molecule has 0 amide bonds. The Kier molecular flexibility index (Phi) is 1.96. The van der Waals surface area contributed by atoms with Gasteiger partial charge in [-0.25, -0.2) is 4.98 Å². The van der Waals surface area contributed by atoms with E-state index in [4.69, 9.17) is 4.42 Å². The lowest BCUT2D eigenvalue weighted by Gasteiger charge is -1.99. The molecule has 0 radical (unpaired) electrons. The third-order valence-corrected chi connectivity index (χ3v) is 1.73. The van der Waals surface area contributed by atoms with Gasteiger partial charge in [0, 0.05) is 12.4 Å². The van der Waals surface area contributed by atoms with Crippen LogP contribution in [0.25, 0.3) is 11.6 Å². The summed E-state index contributed by atoms with van der Waals surface area (Å²) in [5.41, 5.74) is 0. The highest BCUT2D eigenvalue weighted by atomic mass is 16.3. The summed E-state index contributed by atoms with van der Waals surface area (Å²) >= 11 is 0. The van der Waals surface area contributed by atoms with Crippen molar-refractivity contribution in [1.29, 1.82) is 0 Å². The molecule has 4 heteroatoms. The Labute approximate surface area is 74.8 Å². The Bertz CT molecular complexity index is 389. The van der Waals surface area contributed by atoms with Crippen LogP contribution in [0.15, 0.2) is 35.2 Å². The van der Waals surface area contributed by atoms with Crippen LogP contribution in [0.2, 0.25) is 0 Å². The van der Waals surface area contributed by atoms with Crippen LogP contribution in [0.3, 0.4) is 0 Å². The molecular weight excluding hydrogens is 168 g/mol. The molecular formula is C9H8N2O2. The molecule has 0 bridgehead atoms. The zero-order valence-electron chi connectivity index (χ0n) is 6.88. The molecule has 0 aliphatic carbocycles. The molecule has 0 fully saturated rings. The van der Waals surface area contributed by atoms with Crippen LogP contribution >= 0.6 is 0 Å². The molecule has 0 spiro atoms. The molecule has 0 aliphatic rings. The highest BCUT2D eigenvalue weighted by Crippen LogP contribution is 2.16. The van der Waals surface area contributed by atoms with E-state index in [2.05, 4.69) is 4.98 Å². The molecule has 0 saturated heterocycles. The largest absolute Gasteiger partial charge is 0.461 e. The average Bonchev–Trinajstić information content (AvgIpc) is 2.71. The summed E-state index contributed by atoms with van der Waals surface area (Å²) in [4.78, 5) is 14.4. The van der Waals surface area contributed by atoms with Crippen LogP contribution in [0.5, 0.6) is 0 Å². The van der Waals surface area contributed by atoms with E-state index >= 15 is 0 Å². The molecule has 2 heterocycles. The summed E-state index contributed by atoms with van der Waals surface area (Å²) in [7, 11) is 0. The van der Waals surface area contributed by atoms with Gasteiger partial charge in [0.1, 0.15) is 6.29 Å². The second-order valence-electron chi connectivity index (χ2n) is 2.55. The number of aldehydes is 1. The number of hydrogen-bond acceptors (Lipinski definition) is 3. The third-order valence-electron chi connectivity index (χ3n) is 1.73. The Hall–Kier alpha value is -1.84. The van der Waals surface area contributed by atoms with Crippen LogP contribution in [0.1, 0.15) is 0 Å². The molecule has 0 saturated carbocycles. The molecule has 4 nitrogen and oxygen atoms in total. The quantitative estimate of drug-likeness (QED) is 0.663. The predicted octanol–water partition coefficient (Wildman–Crippen LogP) is 1.34.